The van der Waals surface area contributed by atoms with Gasteiger partial charge >= 0.3 is 0 Å². The number of hydrogen-bond donors (Lipinski definition) is 2. The normalized spacial score (nSPS) is 9.35. The zero-order valence-corrected chi connectivity index (χ0v) is 9.36. The van der Waals surface area contributed by atoms with Crippen molar-refractivity contribution in [3.05, 3.63) is 24.2 Å². The number of furan rings is 1. The highest BCUT2D eigenvalue weighted by atomic mass is 16.3. The molecule has 1 rings (SSSR count). The summed E-state index contributed by atoms with van der Waals surface area (Å²) in [4.78, 5) is 22.5. The average molecular weight is 234 g/mol. The van der Waals surface area contributed by atoms with Gasteiger partial charge < -0.3 is 15.1 Å². The van der Waals surface area contributed by atoms with Crippen LogP contribution in [0.5, 0.6) is 0 Å². The number of nitrogens with one attached hydrogen (secondary N) is 2. The van der Waals surface area contributed by atoms with E-state index in [1.165, 1.54) is 6.26 Å². The molecule has 5 nitrogen and oxygen atoms in total. The molecule has 0 aliphatic carbocycles. The Morgan fingerprint density at radius 3 is 2.88 bits per heavy atom. The van der Waals surface area contributed by atoms with E-state index in [9.17, 15) is 9.59 Å². The lowest BCUT2D eigenvalue weighted by Crippen LogP contribution is -2.27. The van der Waals surface area contributed by atoms with Crippen LogP contribution in [0.2, 0.25) is 0 Å². The van der Waals surface area contributed by atoms with E-state index < -0.39 is 0 Å². The third-order valence-electron chi connectivity index (χ3n) is 2.00. The molecule has 0 aromatic carbocycles. The van der Waals surface area contributed by atoms with Crippen molar-refractivity contribution in [2.24, 2.45) is 0 Å². The van der Waals surface area contributed by atoms with E-state index in [2.05, 4.69) is 16.6 Å². The van der Waals surface area contributed by atoms with Crippen molar-refractivity contribution in [1.82, 2.24) is 10.6 Å². The van der Waals surface area contributed by atoms with E-state index in [1.807, 2.05) is 0 Å². The van der Waals surface area contributed by atoms with Gasteiger partial charge in [0, 0.05) is 13.0 Å². The lowest BCUT2D eigenvalue weighted by molar-refractivity contribution is -0.120. The summed E-state index contributed by atoms with van der Waals surface area (Å²) >= 11 is 0. The van der Waals surface area contributed by atoms with Crippen LogP contribution in [-0.4, -0.2) is 24.9 Å². The molecule has 17 heavy (non-hydrogen) atoms. The van der Waals surface area contributed by atoms with Crippen molar-refractivity contribution in [3.8, 4) is 12.3 Å². The number of carbonyl (C=O) groups excluding carboxylic acids is 2. The van der Waals surface area contributed by atoms with Gasteiger partial charge in [-0.1, -0.05) is 5.92 Å². The largest absolute Gasteiger partial charge is 0.459 e. The maximum atomic E-state index is 11.4. The van der Waals surface area contributed by atoms with Crippen LogP contribution in [0.1, 0.15) is 23.4 Å². The molecule has 5 heteroatoms. The molecule has 0 fully saturated rings. The molecule has 0 aliphatic heterocycles. The first-order valence-electron chi connectivity index (χ1n) is 5.26. The van der Waals surface area contributed by atoms with Gasteiger partial charge in [0.15, 0.2) is 5.76 Å². The number of terminal acetylenes is 1. The Hall–Kier alpha value is -2.22. The maximum absolute atomic E-state index is 11.4. The molecule has 90 valence electrons. The van der Waals surface area contributed by atoms with Crippen molar-refractivity contribution >= 4 is 11.8 Å². The Balaban J connectivity index is 2.11. The summed E-state index contributed by atoms with van der Waals surface area (Å²) in [5.74, 6) is 2.18. The van der Waals surface area contributed by atoms with Gasteiger partial charge in [0.05, 0.1) is 12.8 Å². The second-order valence-electron chi connectivity index (χ2n) is 3.32. The molecule has 0 saturated heterocycles. The quantitative estimate of drug-likeness (QED) is 0.557. The van der Waals surface area contributed by atoms with E-state index >= 15 is 0 Å². The lowest BCUT2D eigenvalue weighted by atomic mass is 10.3. The van der Waals surface area contributed by atoms with Crippen LogP contribution in [-0.2, 0) is 4.79 Å². The van der Waals surface area contributed by atoms with Crippen molar-refractivity contribution in [3.63, 3.8) is 0 Å². The third-order valence-corrected chi connectivity index (χ3v) is 2.00. The van der Waals surface area contributed by atoms with Crippen LogP contribution in [0.3, 0.4) is 0 Å². The zero-order valence-electron chi connectivity index (χ0n) is 9.36. The molecular weight excluding hydrogens is 220 g/mol. The first kappa shape index (κ1) is 12.8. The van der Waals surface area contributed by atoms with E-state index in [-0.39, 0.29) is 24.1 Å². The first-order valence-corrected chi connectivity index (χ1v) is 5.26. The van der Waals surface area contributed by atoms with E-state index in [4.69, 9.17) is 10.8 Å². The van der Waals surface area contributed by atoms with Gasteiger partial charge in [-0.2, -0.15) is 0 Å². The smallest absolute Gasteiger partial charge is 0.286 e. The third kappa shape index (κ3) is 4.89. The molecule has 0 atom stereocenters. The molecule has 1 heterocycles. The predicted molar refractivity (Wildman–Crippen MR) is 62.1 cm³/mol. The van der Waals surface area contributed by atoms with Gasteiger partial charge in [0.25, 0.3) is 5.91 Å². The number of carbonyl (C=O) groups is 2. The fourth-order valence-electron chi connectivity index (χ4n) is 1.18. The zero-order chi connectivity index (χ0) is 12.5. The van der Waals surface area contributed by atoms with Crippen molar-refractivity contribution in [2.45, 2.75) is 12.8 Å². The van der Waals surface area contributed by atoms with Gasteiger partial charge in [-0.25, -0.2) is 0 Å². The second-order valence-corrected chi connectivity index (χ2v) is 3.32. The molecule has 2 amide bonds. The minimum Gasteiger partial charge on any atom is -0.459 e. The molecule has 0 aliphatic rings. The summed E-state index contributed by atoms with van der Waals surface area (Å²) in [6.45, 7) is 0.653. The maximum Gasteiger partial charge on any atom is 0.286 e. The summed E-state index contributed by atoms with van der Waals surface area (Å²) < 4.78 is 4.91. The summed E-state index contributed by atoms with van der Waals surface area (Å²) in [7, 11) is 0. The Kier molecular flexibility index (Phi) is 5.38. The van der Waals surface area contributed by atoms with Gasteiger partial charge in [0.2, 0.25) is 5.91 Å². The SMILES string of the molecule is C#CCNC(=O)CCCNC(=O)c1ccco1. The highest BCUT2D eigenvalue weighted by molar-refractivity contribution is 5.91. The molecule has 0 saturated carbocycles. The van der Waals surface area contributed by atoms with E-state index in [0.29, 0.717) is 19.4 Å². The van der Waals surface area contributed by atoms with Crippen LogP contribution in [0.15, 0.2) is 22.8 Å². The average Bonchev–Trinajstić information content (AvgIpc) is 2.85. The minimum absolute atomic E-state index is 0.116. The summed E-state index contributed by atoms with van der Waals surface area (Å²) in [5, 5.41) is 5.19. The summed E-state index contributed by atoms with van der Waals surface area (Å²) in [5.41, 5.74) is 0. The van der Waals surface area contributed by atoms with Crippen LogP contribution in [0, 0.1) is 12.3 Å². The second kappa shape index (κ2) is 7.12. The minimum atomic E-state index is -0.279. The highest BCUT2D eigenvalue weighted by Gasteiger charge is 2.07. The Morgan fingerprint density at radius 1 is 1.41 bits per heavy atom. The number of rotatable bonds is 6. The van der Waals surface area contributed by atoms with Crippen LogP contribution in [0.4, 0.5) is 0 Å². The Labute approximate surface area is 99.6 Å². The van der Waals surface area contributed by atoms with E-state index in [0.717, 1.165) is 0 Å². The monoisotopic (exact) mass is 234 g/mol. The molecule has 1 aromatic rings. The number of amides is 2. The highest BCUT2D eigenvalue weighted by Crippen LogP contribution is 1.99. The first-order chi connectivity index (χ1) is 8.24. The molecule has 0 bridgehead atoms. The van der Waals surface area contributed by atoms with Crippen LogP contribution in [0.25, 0.3) is 0 Å². The van der Waals surface area contributed by atoms with Gasteiger partial charge in [-0.3, -0.25) is 9.59 Å². The Morgan fingerprint density at radius 2 is 2.24 bits per heavy atom. The van der Waals surface area contributed by atoms with Crippen LogP contribution >= 0.6 is 0 Å². The molecular formula is C12H14N2O3. The topological polar surface area (TPSA) is 71.3 Å². The predicted octanol–water partition coefficient (Wildman–Crippen LogP) is 0.539. The number of hydrogen-bond acceptors (Lipinski definition) is 3. The summed E-state index contributed by atoms with van der Waals surface area (Å²) in [6, 6.07) is 3.22. The van der Waals surface area contributed by atoms with Crippen molar-refractivity contribution in [1.29, 1.82) is 0 Å². The van der Waals surface area contributed by atoms with Gasteiger partial charge in [0.1, 0.15) is 0 Å². The lowest BCUT2D eigenvalue weighted by Gasteiger charge is -2.03. The molecule has 2 N–H and O–H groups in total. The van der Waals surface area contributed by atoms with E-state index in [1.54, 1.807) is 12.1 Å². The van der Waals surface area contributed by atoms with Gasteiger partial charge in [-0.15, -0.1) is 6.42 Å². The molecule has 0 spiro atoms. The van der Waals surface area contributed by atoms with Gasteiger partial charge in [-0.05, 0) is 18.6 Å². The van der Waals surface area contributed by atoms with Crippen molar-refractivity contribution < 1.29 is 14.0 Å². The molecule has 0 unspecified atom stereocenters. The van der Waals surface area contributed by atoms with Crippen molar-refractivity contribution in [2.75, 3.05) is 13.1 Å². The molecule has 1 aromatic heterocycles. The fourth-order valence-corrected chi connectivity index (χ4v) is 1.18. The van der Waals surface area contributed by atoms with Crippen LogP contribution < -0.4 is 10.6 Å². The Bertz CT molecular complexity index is 404. The molecule has 0 radical (unpaired) electrons. The fraction of sp³-hybridized carbons (Fsp3) is 0.333. The summed E-state index contributed by atoms with van der Waals surface area (Å²) in [6.07, 6.45) is 7.32. The standard InChI is InChI=1S/C12H14N2O3/c1-2-7-13-11(15)6-3-8-14-12(16)10-5-4-9-17-10/h1,4-5,9H,3,6-8H2,(H,13,15)(H,14,16).